The van der Waals surface area contributed by atoms with Crippen molar-refractivity contribution in [1.82, 2.24) is 20.2 Å². The van der Waals surface area contributed by atoms with E-state index in [0.29, 0.717) is 60.4 Å². The van der Waals surface area contributed by atoms with Crippen molar-refractivity contribution in [1.29, 1.82) is 0 Å². The molecule has 0 radical (unpaired) electrons. The van der Waals surface area contributed by atoms with Crippen LogP contribution in [0.5, 0.6) is 0 Å². The maximum atomic E-state index is 11.9. The Morgan fingerprint density at radius 1 is 1.08 bits per heavy atom. The molecule has 8 nitrogen and oxygen atoms in total. The number of aliphatic hydroxyl groups excluding tert-OH is 2. The van der Waals surface area contributed by atoms with E-state index in [1.54, 1.807) is 11.6 Å². The Kier molecular flexibility index (Phi) is 8.46. The molecule has 4 aliphatic carbocycles. The summed E-state index contributed by atoms with van der Waals surface area (Å²) in [6.07, 6.45) is 10.7. The highest BCUT2D eigenvalue weighted by Crippen LogP contribution is 2.69. The lowest BCUT2D eigenvalue weighted by atomic mass is 9.41. The highest BCUT2D eigenvalue weighted by molar-refractivity contribution is 5.71. The van der Waals surface area contributed by atoms with Crippen LogP contribution in [0.25, 0.3) is 0 Å². The minimum Gasteiger partial charge on any atom is -0.466 e. The molecule has 220 valence electrons. The third-order valence-corrected chi connectivity index (χ3v) is 12.4. The van der Waals surface area contributed by atoms with Crippen molar-refractivity contribution >= 4 is 5.97 Å². The standard InChI is InChI=1S/C31H52N4O4/c1-6-21-25-17-20(36)12-14-31(25,5)24-13-15-30(4)22(10-11-23(30)28(24)29(21)38)19(3)9-8-16-35-26(32-33-34-35)18-27(37)39-7-2/h19-25,28-29,36,38H,6-18H2,1-5H3/t19-,20-,21-,22-,23+,24+,25+,28+,29-,30-,31-/m1/s1. The van der Waals surface area contributed by atoms with Crippen LogP contribution in [-0.4, -0.2) is 55.2 Å². The van der Waals surface area contributed by atoms with Gasteiger partial charge < -0.3 is 14.9 Å². The predicted molar refractivity (Wildman–Crippen MR) is 148 cm³/mol. The van der Waals surface area contributed by atoms with E-state index in [9.17, 15) is 15.0 Å². The molecule has 0 aliphatic heterocycles. The number of fused-ring (bicyclic) bond motifs is 5. The second-order valence-corrected chi connectivity index (χ2v) is 14.0. The average Bonchev–Trinajstić information content (AvgIpc) is 3.48. The highest BCUT2D eigenvalue weighted by Gasteiger charge is 2.64. The van der Waals surface area contributed by atoms with Crippen LogP contribution in [0.4, 0.5) is 0 Å². The van der Waals surface area contributed by atoms with Gasteiger partial charge in [-0.3, -0.25) is 4.79 Å². The van der Waals surface area contributed by atoms with Gasteiger partial charge in [0.25, 0.3) is 0 Å². The Hall–Kier alpha value is -1.54. The molecule has 2 N–H and O–H groups in total. The van der Waals surface area contributed by atoms with E-state index in [1.165, 1.54) is 25.7 Å². The molecule has 1 aromatic heterocycles. The number of nitrogens with zero attached hydrogens (tertiary/aromatic N) is 4. The highest BCUT2D eigenvalue weighted by atomic mass is 16.5. The summed E-state index contributed by atoms with van der Waals surface area (Å²) in [6.45, 7) is 12.6. The fraction of sp³-hybridized carbons (Fsp3) is 0.935. The fourth-order valence-electron chi connectivity index (χ4n) is 10.6. The molecule has 4 aliphatic rings. The van der Waals surface area contributed by atoms with Gasteiger partial charge in [-0.1, -0.05) is 34.1 Å². The molecule has 0 spiro atoms. The van der Waals surface area contributed by atoms with Crippen LogP contribution >= 0.6 is 0 Å². The van der Waals surface area contributed by atoms with Gasteiger partial charge in [0.2, 0.25) is 0 Å². The van der Waals surface area contributed by atoms with Gasteiger partial charge in [-0.05, 0) is 127 Å². The minimum absolute atomic E-state index is 0.112. The topological polar surface area (TPSA) is 110 Å². The van der Waals surface area contributed by atoms with Crippen molar-refractivity contribution in [3.63, 3.8) is 0 Å². The molecule has 1 heterocycles. The molecule has 8 heteroatoms. The number of carbonyl (C=O) groups excluding carboxylic acids is 1. The Morgan fingerprint density at radius 3 is 2.56 bits per heavy atom. The molecular formula is C31H52N4O4. The van der Waals surface area contributed by atoms with Crippen molar-refractivity contribution in [3.8, 4) is 0 Å². The lowest BCUT2D eigenvalue weighted by molar-refractivity contribution is -0.203. The molecule has 0 saturated heterocycles. The summed E-state index contributed by atoms with van der Waals surface area (Å²) in [5.41, 5.74) is 0.531. The van der Waals surface area contributed by atoms with E-state index in [4.69, 9.17) is 4.74 Å². The Morgan fingerprint density at radius 2 is 1.82 bits per heavy atom. The largest absolute Gasteiger partial charge is 0.466 e. The molecule has 0 unspecified atom stereocenters. The van der Waals surface area contributed by atoms with Crippen molar-refractivity contribution < 1.29 is 19.7 Å². The van der Waals surface area contributed by atoms with Gasteiger partial charge in [-0.25, -0.2) is 4.68 Å². The first-order chi connectivity index (χ1) is 18.6. The van der Waals surface area contributed by atoms with Gasteiger partial charge in [0.1, 0.15) is 6.42 Å². The van der Waals surface area contributed by atoms with E-state index in [1.807, 2.05) is 0 Å². The zero-order chi connectivity index (χ0) is 27.9. The first-order valence-electron chi connectivity index (χ1n) is 15.9. The summed E-state index contributed by atoms with van der Waals surface area (Å²) in [7, 11) is 0. The zero-order valence-corrected chi connectivity index (χ0v) is 24.9. The Labute approximate surface area is 234 Å². The summed E-state index contributed by atoms with van der Waals surface area (Å²) < 4.78 is 6.82. The van der Waals surface area contributed by atoms with Crippen LogP contribution in [0.2, 0.25) is 0 Å². The quantitative estimate of drug-likeness (QED) is 0.429. The number of carbonyl (C=O) groups is 1. The SMILES string of the molecule is CCOC(=O)Cc1nnnn1CCC[C@@H](C)[C@H]1CC[C@H]2[C@@H]3[C@H](O)[C@H](CC)[C@@H]4C[C@H](O)CC[C@]4(C)[C@H]3CC[C@]12C. The number of ether oxygens (including phenoxy) is 1. The second kappa shape index (κ2) is 11.4. The van der Waals surface area contributed by atoms with Crippen molar-refractivity contribution in [2.24, 2.45) is 52.3 Å². The smallest absolute Gasteiger partial charge is 0.313 e. The lowest BCUT2D eigenvalue weighted by Crippen LogP contribution is -2.62. The second-order valence-electron chi connectivity index (χ2n) is 14.0. The summed E-state index contributed by atoms with van der Waals surface area (Å²) in [6, 6.07) is 0. The summed E-state index contributed by atoms with van der Waals surface area (Å²) in [5, 5.41) is 34.4. The normalized spacial score (nSPS) is 42.3. The van der Waals surface area contributed by atoms with Gasteiger partial charge in [-0.2, -0.15) is 0 Å². The summed E-state index contributed by atoms with van der Waals surface area (Å²) >= 11 is 0. The third kappa shape index (κ3) is 5.06. The van der Waals surface area contributed by atoms with Gasteiger partial charge in [-0.15, -0.1) is 5.10 Å². The van der Waals surface area contributed by atoms with Crippen LogP contribution in [0.15, 0.2) is 0 Å². The lowest BCUT2D eigenvalue weighted by Gasteiger charge is -2.64. The number of aromatic nitrogens is 4. The van der Waals surface area contributed by atoms with Gasteiger partial charge in [0, 0.05) is 6.54 Å². The fourth-order valence-corrected chi connectivity index (χ4v) is 10.6. The molecule has 11 atom stereocenters. The van der Waals surface area contributed by atoms with Gasteiger partial charge >= 0.3 is 5.97 Å². The molecule has 5 rings (SSSR count). The van der Waals surface area contributed by atoms with Crippen molar-refractivity contribution in [2.75, 3.05) is 6.61 Å². The first kappa shape index (κ1) is 29.0. The molecule has 0 bridgehead atoms. The number of hydrogen-bond acceptors (Lipinski definition) is 7. The van der Waals surface area contributed by atoms with Crippen LogP contribution < -0.4 is 0 Å². The Bertz CT molecular complexity index is 1000. The third-order valence-electron chi connectivity index (χ3n) is 12.4. The Balaban J connectivity index is 1.25. The van der Waals surface area contributed by atoms with Gasteiger partial charge in [0.05, 0.1) is 18.8 Å². The first-order valence-corrected chi connectivity index (χ1v) is 15.9. The number of aryl methyl sites for hydroxylation is 1. The molecule has 39 heavy (non-hydrogen) atoms. The van der Waals surface area contributed by atoms with Crippen LogP contribution in [0.3, 0.4) is 0 Å². The van der Waals surface area contributed by atoms with Crippen molar-refractivity contribution in [3.05, 3.63) is 5.82 Å². The molecular weight excluding hydrogens is 492 g/mol. The van der Waals surface area contributed by atoms with E-state index in [2.05, 4.69) is 43.2 Å². The minimum atomic E-state index is -0.290. The number of esters is 1. The number of tetrazole rings is 1. The molecule has 0 amide bonds. The van der Waals surface area contributed by atoms with Gasteiger partial charge in [0.15, 0.2) is 5.82 Å². The average molecular weight is 545 g/mol. The zero-order valence-electron chi connectivity index (χ0n) is 24.9. The number of rotatable bonds is 9. The maximum absolute atomic E-state index is 11.9. The van der Waals surface area contributed by atoms with Crippen LogP contribution in [0.1, 0.15) is 105 Å². The predicted octanol–water partition coefficient (Wildman–Crippen LogP) is 4.82. The number of aliphatic hydroxyl groups is 2. The van der Waals surface area contributed by atoms with E-state index >= 15 is 0 Å². The summed E-state index contributed by atoms with van der Waals surface area (Å²) in [5.74, 6) is 3.88. The molecule has 1 aromatic rings. The van der Waals surface area contributed by atoms with Crippen LogP contribution in [0, 0.1) is 52.3 Å². The summed E-state index contributed by atoms with van der Waals surface area (Å²) in [4.78, 5) is 11.9. The molecule has 4 fully saturated rings. The van der Waals surface area contributed by atoms with E-state index in [-0.39, 0.29) is 35.4 Å². The maximum Gasteiger partial charge on any atom is 0.313 e. The van der Waals surface area contributed by atoms with E-state index < -0.39 is 0 Å². The monoisotopic (exact) mass is 544 g/mol. The van der Waals surface area contributed by atoms with E-state index in [0.717, 1.165) is 38.5 Å². The number of hydrogen-bond donors (Lipinski definition) is 2. The molecule has 0 aromatic carbocycles. The molecule has 4 saturated carbocycles. The van der Waals surface area contributed by atoms with Crippen molar-refractivity contribution in [2.45, 2.75) is 124 Å². The van der Waals surface area contributed by atoms with Crippen LogP contribution in [-0.2, 0) is 22.5 Å².